The topological polar surface area (TPSA) is 29.9 Å². The summed E-state index contributed by atoms with van der Waals surface area (Å²) in [4.78, 5) is 1.40. The van der Waals surface area contributed by atoms with Crippen molar-refractivity contribution in [3.8, 4) is 0 Å². The van der Waals surface area contributed by atoms with Gasteiger partial charge in [0.2, 0.25) is 0 Å². The number of aryl methyl sites for hydroxylation is 2. The van der Waals surface area contributed by atoms with Crippen molar-refractivity contribution >= 4 is 27.3 Å². The molecule has 2 heterocycles. The maximum Gasteiger partial charge on any atom is 0.0597 e. The summed E-state index contributed by atoms with van der Waals surface area (Å²) in [6.45, 7) is 8.36. The van der Waals surface area contributed by atoms with Gasteiger partial charge < -0.3 is 5.32 Å². The van der Waals surface area contributed by atoms with Crippen LogP contribution in [0.1, 0.15) is 42.6 Å². The minimum atomic E-state index is 0.335. The van der Waals surface area contributed by atoms with E-state index in [-0.39, 0.29) is 0 Å². The fourth-order valence-electron chi connectivity index (χ4n) is 2.36. The van der Waals surface area contributed by atoms with Crippen LogP contribution in [0.3, 0.4) is 0 Å². The third-order valence-electron chi connectivity index (χ3n) is 3.26. The molecule has 1 atom stereocenters. The number of hydrogen-bond donors (Lipinski definition) is 1. The number of rotatable bonds is 7. The number of halogens is 1. The average molecular weight is 356 g/mol. The number of aromatic nitrogens is 2. The van der Waals surface area contributed by atoms with Gasteiger partial charge in [0.1, 0.15) is 0 Å². The van der Waals surface area contributed by atoms with E-state index >= 15 is 0 Å². The fraction of sp³-hybridized carbons (Fsp3) is 0.533. The first-order valence-electron chi connectivity index (χ1n) is 7.14. The van der Waals surface area contributed by atoms with Crippen molar-refractivity contribution in [1.82, 2.24) is 15.1 Å². The van der Waals surface area contributed by atoms with Crippen molar-refractivity contribution in [2.75, 3.05) is 6.54 Å². The largest absolute Gasteiger partial charge is 0.308 e. The lowest BCUT2D eigenvalue weighted by Crippen LogP contribution is -2.26. The summed E-state index contributed by atoms with van der Waals surface area (Å²) < 4.78 is 3.29. The molecular weight excluding hydrogens is 334 g/mol. The van der Waals surface area contributed by atoms with Gasteiger partial charge in [-0.05, 0) is 54.9 Å². The number of nitrogens with one attached hydrogen (secondary N) is 1. The van der Waals surface area contributed by atoms with E-state index in [0.717, 1.165) is 31.6 Å². The zero-order valence-electron chi connectivity index (χ0n) is 12.3. The lowest BCUT2D eigenvalue weighted by atomic mass is 10.1. The summed E-state index contributed by atoms with van der Waals surface area (Å²) in [7, 11) is 0. The lowest BCUT2D eigenvalue weighted by molar-refractivity contribution is 0.480. The van der Waals surface area contributed by atoms with Crippen molar-refractivity contribution < 1.29 is 0 Å². The normalized spacial score (nSPS) is 12.8. The molecule has 0 radical (unpaired) electrons. The van der Waals surface area contributed by atoms with Gasteiger partial charge >= 0.3 is 0 Å². The minimum absolute atomic E-state index is 0.335. The summed E-state index contributed by atoms with van der Waals surface area (Å²) in [6.07, 6.45) is 2.16. The fourth-order valence-corrected chi connectivity index (χ4v) is 3.86. The van der Waals surface area contributed by atoms with Gasteiger partial charge in [-0.2, -0.15) is 5.10 Å². The lowest BCUT2D eigenvalue weighted by Gasteiger charge is -2.19. The summed E-state index contributed by atoms with van der Waals surface area (Å²) >= 11 is 5.35. The Morgan fingerprint density at radius 1 is 1.40 bits per heavy atom. The van der Waals surface area contributed by atoms with Crippen LogP contribution in [0.5, 0.6) is 0 Å². The summed E-state index contributed by atoms with van der Waals surface area (Å²) in [6, 6.07) is 4.76. The molecule has 0 aliphatic rings. The quantitative estimate of drug-likeness (QED) is 0.801. The Balaban J connectivity index is 2.21. The highest BCUT2D eigenvalue weighted by atomic mass is 79.9. The first-order valence-corrected chi connectivity index (χ1v) is 8.82. The van der Waals surface area contributed by atoms with E-state index in [2.05, 4.69) is 69.3 Å². The number of thiophene rings is 1. The van der Waals surface area contributed by atoms with E-state index in [1.807, 2.05) is 11.3 Å². The Morgan fingerprint density at radius 3 is 2.80 bits per heavy atom. The molecule has 0 spiro atoms. The maximum absolute atomic E-state index is 4.58. The van der Waals surface area contributed by atoms with Crippen LogP contribution in [0.4, 0.5) is 0 Å². The van der Waals surface area contributed by atoms with Crippen LogP contribution >= 0.6 is 27.3 Å². The van der Waals surface area contributed by atoms with Gasteiger partial charge in [0.15, 0.2) is 0 Å². The Bertz CT molecular complexity index is 547. The van der Waals surface area contributed by atoms with E-state index in [4.69, 9.17) is 0 Å². The van der Waals surface area contributed by atoms with E-state index in [1.165, 1.54) is 15.0 Å². The van der Waals surface area contributed by atoms with Crippen molar-refractivity contribution in [2.24, 2.45) is 0 Å². The molecule has 0 saturated heterocycles. The molecule has 0 fully saturated rings. The molecule has 1 N–H and O–H groups in total. The molecule has 5 heteroatoms. The Hall–Kier alpha value is -0.650. The Labute approximate surface area is 133 Å². The van der Waals surface area contributed by atoms with Crippen LogP contribution < -0.4 is 5.32 Å². The van der Waals surface area contributed by atoms with Crippen LogP contribution in [0.15, 0.2) is 22.0 Å². The molecular formula is C15H22BrN3S. The van der Waals surface area contributed by atoms with Gasteiger partial charge in [0, 0.05) is 27.7 Å². The van der Waals surface area contributed by atoms with Crippen LogP contribution in [0, 0.1) is 6.92 Å². The highest BCUT2D eigenvalue weighted by Gasteiger charge is 2.17. The zero-order valence-corrected chi connectivity index (χ0v) is 14.7. The first-order chi connectivity index (χ1) is 9.63. The predicted molar refractivity (Wildman–Crippen MR) is 89.4 cm³/mol. The highest BCUT2D eigenvalue weighted by Crippen LogP contribution is 2.26. The van der Waals surface area contributed by atoms with Gasteiger partial charge in [-0.15, -0.1) is 11.3 Å². The molecule has 0 saturated carbocycles. The van der Waals surface area contributed by atoms with Crippen LogP contribution in [0.2, 0.25) is 0 Å². The molecule has 0 aliphatic heterocycles. The zero-order chi connectivity index (χ0) is 14.5. The maximum atomic E-state index is 4.58. The monoisotopic (exact) mass is 355 g/mol. The minimum Gasteiger partial charge on any atom is -0.308 e. The third kappa shape index (κ3) is 3.93. The molecule has 2 aromatic rings. The van der Waals surface area contributed by atoms with Gasteiger partial charge in [-0.3, -0.25) is 4.68 Å². The number of nitrogens with zero attached hydrogens (tertiary/aromatic N) is 2. The standard InChI is InChI=1S/C15H22BrN3S/c1-4-6-17-14(9-13-8-12(16)10-20-13)15-7-11(3)18-19(15)5-2/h7-8,10,14,17H,4-6,9H2,1-3H3. The Kier molecular flexibility index (Phi) is 5.81. The smallest absolute Gasteiger partial charge is 0.0597 e. The molecule has 0 aliphatic carbocycles. The molecule has 0 aromatic carbocycles. The van der Waals surface area contributed by atoms with E-state index < -0.39 is 0 Å². The average Bonchev–Trinajstić information content (AvgIpc) is 3.00. The predicted octanol–water partition coefficient (Wildman–Crippen LogP) is 4.32. The molecule has 0 amide bonds. The molecule has 0 bridgehead atoms. The molecule has 3 nitrogen and oxygen atoms in total. The highest BCUT2D eigenvalue weighted by molar-refractivity contribution is 9.10. The SMILES string of the molecule is CCCNC(Cc1cc(Br)cs1)c1cc(C)nn1CC. The molecule has 110 valence electrons. The third-order valence-corrected chi connectivity index (χ3v) is 4.98. The Morgan fingerprint density at radius 2 is 2.20 bits per heavy atom. The molecule has 20 heavy (non-hydrogen) atoms. The van der Waals surface area contributed by atoms with Crippen molar-refractivity contribution in [1.29, 1.82) is 0 Å². The van der Waals surface area contributed by atoms with Gasteiger partial charge in [0.25, 0.3) is 0 Å². The second kappa shape index (κ2) is 7.38. The summed E-state index contributed by atoms with van der Waals surface area (Å²) in [5.41, 5.74) is 2.39. The van der Waals surface area contributed by atoms with Crippen LogP contribution in [0.25, 0.3) is 0 Å². The van der Waals surface area contributed by atoms with E-state index in [9.17, 15) is 0 Å². The second-order valence-electron chi connectivity index (χ2n) is 4.97. The summed E-state index contributed by atoms with van der Waals surface area (Å²) in [5, 5.41) is 10.4. The number of hydrogen-bond acceptors (Lipinski definition) is 3. The van der Waals surface area contributed by atoms with Crippen molar-refractivity contribution in [2.45, 2.75) is 46.2 Å². The van der Waals surface area contributed by atoms with Gasteiger partial charge in [-0.1, -0.05) is 6.92 Å². The first kappa shape index (κ1) is 15.7. The van der Waals surface area contributed by atoms with E-state index in [0.29, 0.717) is 6.04 Å². The van der Waals surface area contributed by atoms with Crippen LogP contribution in [-0.4, -0.2) is 16.3 Å². The van der Waals surface area contributed by atoms with E-state index in [1.54, 1.807) is 0 Å². The molecule has 2 rings (SSSR count). The van der Waals surface area contributed by atoms with Gasteiger partial charge in [-0.25, -0.2) is 0 Å². The van der Waals surface area contributed by atoms with Crippen molar-refractivity contribution in [3.05, 3.63) is 38.3 Å². The summed E-state index contributed by atoms with van der Waals surface area (Å²) in [5.74, 6) is 0. The van der Waals surface area contributed by atoms with Crippen molar-refractivity contribution in [3.63, 3.8) is 0 Å². The van der Waals surface area contributed by atoms with Gasteiger partial charge in [0.05, 0.1) is 17.4 Å². The second-order valence-corrected chi connectivity index (χ2v) is 6.88. The van der Waals surface area contributed by atoms with Crippen LogP contribution in [-0.2, 0) is 13.0 Å². The molecule has 1 unspecified atom stereocenters. The molecule has 2 aromatic heterocycles.